The molecule has 212 valence electrons. The minimum atomic E-state index is -2.58. The van der Waals surface area contributed by atoms with Crippen LogP contribution in [0.4, 0.5) is 0 Å². The van der Waals surface area contributed by atoms with Crippen LogP contribution in [0.2, 0.25) is 0 Å². The average Bonchev–Trinajstić information content (AvgIpc) is 2.66. The standard InChI is InChI=1S/C19H55N12OP3/c1-23(2)33(24(3)4,25(5)6)20-19(32,21-34(26(7)8,27(9)10)28(11)12)22-35(29(13)14,30(15)16)31(17)18/h32H,1-18H3. The molecular formula is C19H55N12OP3. The molecular weight excluding hydrogens is 505 g/mol. The first-order valence-corrected chi connectivity index (χ1v) is 16.1. The molecule has 0 aliphatic rings. The molecule has 0 heterocycles. The van der Waals surface area contributed by atoms with E-state index < -0.39 is 28.5 Å². The third-order valence-electron chi connectivity index (χ3n) is 5.63. The van der Waals surface area contributed by atoms with Crippen molar-refractivity contribution in [2.75, 3.05) is 127 Å². The van der Waals surface area contributed by atoms with Crippen LogP contribution in [-0.4, -0.2) is 180 Å². The third-order valence-corrected chi connectivity index (χ3v) is 16.9. The monoisotopic (exact) mass is 560 g/mol. The summed E-state index contributed by atoms with van der Waals surface area (Å²) in [6.07, 6.45) is 0. The number of rotatable bonds is 12. The summed E-state index contributed by atoms with van der Waals surface area (Å²) in [7, 11) is 28.0. The van der Waals surface area contributed by atoms with Crippen LogP contribution in [0.15, 0.2) is 14.2 Å². The second-order valence-electron chi connectivity index (χ2n) is 10.1. The zero-order chi connectivity index (χ0) is 28.3. The van der Waals surface area contributed by atoms with E-state index in [0.717, 1.165) is 0 Å². The molecule has 0 radical (unpaired) electrons. The second-order valence-corrected chi connectivity index (χ2v) is 21.2. The predicted molar refractivity (Wildman–Crippen MR) is 156 cm³/mol. The molecule has 0 aromatic heterocycles. The summed E-state index contributed by atoms with van der Waals surface area (Å²) in [4.78, 5) is 0. The van der Waals surface area contributed by atoms with Crippen LogP contribution in [0.3, 0.4) is 0 Å². The van der Waals surface area contributed by atoms with Crippen LogP contribution in [-0.2, 0) is 0 Å². The van der Waals surface area contributed by atoms with Crippen molar-refractivity contribution in [1.82, 2.24) is 42.0 Å². The molecule has 0 atom stereocenters. The lowest BCUT2D eigenvalue weighted by Crippen LogP contribution is -2.38. The van der Waals surface area contributed by atoms with Gasteiger partial charge in [0.05, 0.1) is 0 Å². The van der Waals surface area contributed by atoms with Crippen LogP contribution < -0.4 is 0 Å². The quantitative estimate of drug-likeness (QED) is 0.360. The Morgan fingerprint density at radius 1 is 0.343 bits per heavy atom. The van der Waals surface area contributed by atoms with Gasteiger partial charge in [-0.15, -0.1) is 0 Å². The van der Waals surface area contributed by atoms with Gasteiger partial charge in [0.15, 0.2) is 22.5 Å². The van der Waals surface area contributed by atoms with Gasteiger partial charge in [-0.3, -0.25) is 42.0 Å². The van der Waals surface area contributed by atoms with Crippen molar-refractivity contribution >= 4 is 22.5 Å². The van der Waals surface area contributed by atoms with E-state index >= 15 is 0 Å². The molecule has 0 aliphatic carbocycles. The van der Waals surface area contributed by atoms with Crippen molar-refractivity contribution in [3.8, 4) is 0 Å². The van der Waals surface area contributed by atoms with Gasteiger partial charge in [0.25, 0.3) is 0 Å². The largest absolute Gasteiger partial charge is 0.367 e. The fourth-order valence-corrected chi connectivity index (χ4v) is 14.2. The molecule has 1 N–H and O–H groups in total. The van der Waals surface area contributed by atoms with Gasteiger partial charge >= 0.3 is 5.97 Å². The molecule has 0 amide bonds. The van der Waals surface area contributed by atoms with Crippen molar-refractivity contribution in [2.45, 2.75) is 5.97 Å². The highest BCUT2D eigenvalue weighted by atomic mass is 31.2. The highest BCUT2D eigenvalue weighted by Gasteiger charge is 2.44. The summed E-state index contributed by atoms with van der Waals surface area (Å²) in [5, 5.41) is 12.6. The summed E-state index contributed by atoms with van der Waals surface area (Å²) >= 11 is 0. The normalized spacial score (nSPS) is 14.7. The first-order chi connectivity index (χ1) is 15.6. The molecule has 0 aliphatic heterocycles. The predicted octanol–water partition coefficient (Wildman–Crippen LogP) is 2.48. The van der Waals surface area contributed by atoms with Crippen molar-refractivity contribution in [2.24, 2.45) is 14.2 Å². The average molecular weight is 561 g/mol. The molecule has 0 aromatic carbocycles. The molecule has 13 nitrogen and oxygen atoms in total. The number of nitrogens with zero attached hydrogens (tertiary/aromatic N) is 12. The maximum absolute atomic E-state index is 12.6. The first-order valence-electron chi connectivity index (χ1n) is 11.3. The summed E-state index contributed by atoms with van der Waals surface area (Å²) in [6, 6.07) is 0. The van der Waals surface area contributed by atoms with Crippen LogP contribution in [0.1, 0.15) is 0 Å². The van der Waals surface area contributed by atoms with Gasteiger partial charge in [-0.2, -0.15) is 14.2 Å². The van der Waals surface area contributed by atoms with Gasteiger partial charge in [0.1, 0.15) is 0 Å². The van der Waals surface area contributed by atoms with Crippen LogP contribution in [0.5, 0.6) is 0 Å². The number of hydrogen-bond donors (Lipinski definition) is 1. The second kappa shape index (κ2) is 12.9. The van der Waals surface area contributed by atoms with Gasteiger partial charge in [-0.05, 0) is 127 Å². The van der Waals surface area contributed by atoms with E-state index in [1.54, 1.807) is 0 Å². The van der Waals surface area contributed by atoms with E-state index in [0.29, 0.717) is 0 Å². The molecule has 0 bridgehead atoms. The van der Waals surface area contributed by atoms with Gasteiger partial charge < -0.3 is 5.11 Å². The lowest BCUT2D eigenvalue weighted by molar-refractivity contribution is 0.0683. The van der Waals surface area contributed by atoms with Crippen LogP contribution in [0.25, 0.3) is 0 Å². The Balaban J connectivity index is 8.48. The smallest absolute Gasteiger partial charge is 0.332 e. The van der Waals surface area contributed by atoms with Gasteiger partial charge in [0.2, 0.25) is 0 Å². The molecule has 35 heavy (non-hydrogen) atoms. The highest BCUT2D eigenvalue weighted by Crippen LogP contribution is 2.64. The minimum Gasteiger partial charge on any atom is -0.332 e. The van der Waals surface area contributed by atoms with Crippen molar-refractivity contribution in [3.05, 3.63) is 0 Å². The van der Waals surface area contributed by atoms with E-state index in [1.807, 2.05) is 127 Å². The van der Waals surface area contributed by atoms with E-state index in [1.165, 1.54) is 0 Å². The van der Waals surface area contributed by atoms with E-state index in [-0.39, 0.29) is 0 Å². The molecule has 0 aromatic rings. The van der Waals surface area contributed by atoms with Crippen molar-refractivity contribution < 1.29 is 5.11 Å². The Morgan fingerprint density at radius 2 is 0.457 bits per heavy atom. The molecule has 16 heteroatoms. The Bertz CT molecular complexity index is 657. The molecule has 0 saturated carbocycles. The molecule has 0 fully saturated rings. The van der Waals surface area contributed by atoms with Crippen molar-refractivity contribution in [1.29, 1.82) is 0 Å². The number of hydrogen-bond acceptors (Lipinski definition) is 4. The zero-order valence-electron chi connectivity index (χ0n) is 25.7. The Kier molecular flexibility index (Phi) is 13.0. The highest BCUT2D eigenvalue weighted by molar-refractivity contribution is 7.60. The first kappa shape index (κ1) is 35.3. The summed E-state index contributed by atoms with van der Waals surface area (Å²) < 4.78 is 34.2. The molecule has 0 unspecified atom stereocenters. The Hall–Kier alpha value is 0.290. The fourth-order valence-electron chi connectivity index (χ4n) is 4.62. The molecule has 0 rings (SSSR count). The molecule has 0 spiro atoms. The van der Waals surface area contributed by atoms with E-state index in [2.05, 4.69) is 42.0 Å². The minimum absolute atomic E-state index is 1.98. The van der Waals surface area contributed by atoms with Crippen LogP contribution >= 0.6 is 22.5 Å². The summed E-state index contributed by atoms with van der Waals surface area (Å²) in [6.45, 7) is 0. The summed E-state index contributed by atoms with van der Waals surface area (Å²) in [5.41, 5.74) is 0. The van der Waals surface area contributed by atoms with Gasteiger partial charge in [-0.1, -0.05) is 0 Å². The maximum Gasteiger partial charge on any atom is 0.367 e. The van der Waals surface area contributed by atoms with Gasteiger partial charge in [-0.25, -0.2) is 0 Å². The lowest BCUT2D eigenvalue weighted by atomic mass is 10.9. The van der Waals surface area contributed by atoms with Gasteiger partial charge in [0, 0.05) is 0 Å². The topological polar surface area (TPSA) is 86.5 Å². The maximum atomic E-state index is 12.6. The fraction of sp³-hybridized carbons (Fsp3) is 1.00. The summed E-state index contributed by atoms with van der Waals surface area (Å²) in [5.74, 6) is -2.06. The third kappa shape index (κ3) is 6.84. The van der Waals surface area contributed by atoms with Crippen LogP contribution in [0, 0.1) is 0 Å². The van der Waals surface area contributed by atoms with Crippen molar-refractivity contribution in [3.63, 3.8) is 0 Å². The Labute approximate surface area is 216 Å². The lowest BCUT2D eigenvalue weighted by Gasteiger charge is -2.46. The van der Waals surface area contributed by atoms with E-state index in [4.69, 9.17) is 14.2 Å². The number of aliphatic hydroxyl groups is 1. The molecule has 0 saturated heterocycles. The SMILES string of the molecule is CN(C)P(=NC(O)(N=P(N(C)C)(N(C)C)N(C)C)N=P(N(C)C)(N(C)C)N(C)C)(N(C)C)N(C)C. The Morgan fingerprint density at radius 3 is 0.543 bits per heavy atom. The zero-order valence-corrected chi connectivity index (χ0v) is 28.3. The van der Waals surface area contributed by atoms with E-state index in [9.17, 15) is 5.11 Å².